The predicted molar refractivity (Wildman–Crippen MR) is 109 cm³/mol. The van der Waals surface area contributed by atoms with E-state index in [-0.39, 0.29) is 21.8 Å². The summed E-state index contributed by atoms with van der Waals surface area (Å²) in [6.07, 6.45) is 0. The van der Waals surface area contributed by atoms with Crippen LogP contribution in [-0.4, -0.2) is 37.4 Å². The molecule has 3 rings (SSSR count). The molecule has 0 saturated heterocycles. The van der Waals surface area contributed by atoms with Crippen molar-refractivity contribution >= 4 is 33.4 Å². The first-order valence-electron chi connectivity index (χ1n) is 8.52. The quantitative estimate of drug-likeness (QED) is 0.446. The van der Waals surface area contributed by atoms with Crippen LogP contribution in [0.4, 0.5) is 5.69 Å². The smallest absolute Gasteiger partial charge is 0.316 e. The van der Waals surface area contributed by atoms with Gasteiger partial charge in [0.2, 0.25) is 5.89 Å². The highest BCUT2D eigenvalue weighted by molar-refractivity contribution is 7.99. The number of methoxy groups -OCH3 is 1. The highest BCUT2D eigenvalue weighted by Gasteiger charge is 2.16. The van der Waals surface area contributed by atoms with Gasteiger partial charge < -0.3 is 9.15 Å². The number of thioether (sulfide) groups is 1. The molecule has 0 atom stereocenters. The Hall–Kier alpha value is -2.85. The van der Waals surface area contributed by atoms with Gasteiger partial charge in [-0.25, -0.2) is 8.42 Å². The first-order chi connectivity index (χ1) is 13.8. The van der Waals surface area contributed by atoms with Gasteiger partial charge in [0.25, 0.3) is 15.2 Å². The summed E-state index contributed by atoms with van der Waals surface area (Å²) in [5, 5.41) is 8.04. The van der Waals surface area contributed by atoms with E-state index in [1.165, 1.54) is 7.11 Å². The van der Waals surface area contributed by atoms with Gasteiger partial charge in [-0.05, 0) is 61.4 Å². The molecule has 1 N–H and O–H groups in total. The maximum atomic E-state index is 12.6. The van der Waals surface area contributed by atoms with Crippen LogP contribution in [0.25, 0.3) is 11.5 Å². The van der Waals surface area contributed by atoms with E-state index in [0.717, 1.165) is 22.9 Å². The summed E-state index contributed by atoms with van der Waals surface area (Å²) in [6, 6.07) is 11.5. The Balaban J connectivity index is 1.71. The molecule has 0 aliphatic rings. The number of aromatic nitrogens is 2. The van der Waals surface area contributed by atoms with E-state index < -0.39 is 16.0 Å². The Labute approximate surface area is 172 Å². The fourth-order valence-electron chi connectivity index (χ4n) is 2.34. The number of nitrogens with one attached hydrogen (secondary N) is 1. The summed E-state index contributed by atoms with van der Waals surface area (Å²) in [5.74, 6) is -0.0618. The van der Waals surface area contributed by atoms with Crippen LogP contribution in [0.5, 0.6) is 0 Å². The first kappa shape index (κ1) is 20.9. The van der Waals surface area contributed by atoms with E-state index >= 15 is 0 Å². The number of nitrogens with zero attached hydrogens (tertiary/aromatic N) is 2. The summed E-state index contributed by atoms with van der Waals surface area (Å²) in [6.45, 7) is 3.79. The second-order valence-electron chi connectivity index (χ2n) is 6.17. The number of rotatable bonds is 7. The van der Waals surface area contributed by atoms with Crippen LogP contribution in [0.2, 0.25) is 0 Å². The van der Waals surface area contributed by atoms with Crippen molar-refractivity contribution in [3.05, 3.63) is 53.6 Å². The predicted octanol–water partition coefficient (Wildman–Crippen LogP) is 3.42. The van der Waals surface area contributed by atoms with Gasteiger partial charge in [-0.3, -0.25) is 9.52 Å². The molecule has 8 nitrogen and oxygen atoms in total. The van der Waals surface area contributed by atoms with Gasteiger partial charge >= 0.3 is 5.97 Å². The molecule has 2 aromatic carbocycles. The van der Waals surface area contributed by atoms with Crippen LogP contribution in [0.1, 0.15) is 11.1 Å². The molecule has 1 heterocycles. The highest BCUT2D eigenvalue weighted by Crippen LogP contribution is 2.25. The van der Waals surface area contributed by atoms with Crippen molar-refractivity contribution in [3.8, 4) is 11.5 Å². The minimum atomic E-state index is -3.69. The van der Waals surface area contributed by atoms with E-state index in [1.54, 1.807) is 42.5 Å². The molecule has 1 aromatic heterocycles. The number of hydrogen-bond donors (Lipinski definition) is 1. The molecule has 0 fully saturated rings. The van der Waals surface area contributed by atoms with Gasteiger partial charge in [0.05, 0.1) is 12.0 Å². The number of anilines is 1. The molecule has 0 spiro atoms. The third-order valence-electron chi connectivity index (χ3n) is 4.12. The van der Waals surface area contributed by atoms with E-state index in [2.05, 4.69) is 19.7 Å². The molecule has 0 unspecified atom stereocenters. The third-order valence-corrected chi connectivity index (χ3v) is 6.29. The van der Waals surface area contributed by atoms with Crippen molar-refractivity contribution in [2.24, 2.45) is 0 Å². The normalized spacial score (nSPS) is 11.3. The van der Waals surface area contributed by atoms with E-state index in [0.29, 0.717) is 11.3 Å². The molecule has 0 saturated carbocycles. The maximum Gasteiger partial charge on any atom is 0.316 e. The van der Waals surface area contributed by atoms with Crippen molar-refractivity contribution < 1.29 is 22.4 Å². The SMILES string of the molecule is COC(=O)CSc1nnc(-c2ccc(NS(=O)(=O)c3ccc(C)c(C)c3)cc2)o1. The number of aryl methyl sites for hydroxylation is 2. The van der Waals surface area contributed by atoms with Crippen LogP contribution >= 0.6 is 11.8 Å². The lowest BCUT2D eigenvalue weighted by Crippen LogP contribution is -2.13. The highest BCUT2D eigenvalue weighted by atomic mass is 32.2. The van der Waals surface area contributed by atoms with Crippen LogP contribution < -0.4 is 4.72 Å². The number of benzene rings is 2. The number of hydrogen-bond acceptors (Lipinski definition) is 8. The molecule has 0 aliphatic carbocycles. The van der Waals surface area contributed by atoms with E-state index in [4.69, 9.17) is 4.42 Å². The van der Waals surface area contributed by atoms with Crippen LogP contribution in [0.3, 0.4) is 0 Å². The average Bonchev–Trinajstić information content (AvgIpc) is 3.17. The summed E-state index contributed by atoms with van der Waals surface area (Å²) >= 11 is 1.07. The van der Waals surface area contributed by atoms with Crippen molar-refractivity contribution in [2.45, 2.75) is 24.0 Å². The molecule has 0 aliphatic heterocycles. The molecule has 0 bridgehead atoms. The monoisotopic (exact) mass is 433 g/mol. The minimum absolute atomic E-state index is 0.0668. The first-order valence-corrected chi connectivity index (χ1v) is 11.0. The molecular weight excluding hydrogens is 414 g/mol. The lowest BCUT2D eigenvalue weighted by Gasteiger charge is -2.10. The molecule has 3 aromatic rings. The zero-order valence-electron chi connectivity index (χ0n) is 16.0. The standard InChI is InChI=1S/C19H19N3O5S2/c1-12-4-9-16(10-13(12)2)29(24,25)22-15-7-5-14(6-8-15)18-20-21-19(27-18)28-11-17(23)26-3/h4-10,22H,11H2,1-3H3. The molecule has 0 radical (unpaired) electrons. The van der Waals surface area contributed by atoms with E-state index in [9.17, 15) is 13.2 Å². The summed E-state index contributed by atoms with van der Waals surface area (Å²) in [5.41, 5.74) is 2.96. The Morgan fingerprint density at radius 3 is 2.48 bits per heavy atom. The number of carbonyl (C=O) groups is 1. The minimum Gasteiger partial charge on any atom is -0.468 e. The van der Waals surface area contributed by atoms with Gasteiger partial charge in [0.1, 0.15) is 5.75 Å². The Bertz CT molecular complexity index is 1130. The van der Waals surface area contributed by atoms with Crippen LogP contribution in [-0.2, 0) is 19.6 Å². The van der Waals surface area contributed by atoms with Crippen LogP contribution in [0, 0.1) is 13.8 Å². The van der Waals surface area contributed by atoms with Gasteiger partial charge in [-0.15, -0.1) is 10.2 Å². The Morgan fingerprint density at radius 1 is 1.10 bits per heavy atom. The molecule has 10 heteroatoms. The second kappa shape index (κ2) is 8.66. The summed E-state index contributed by atoms with van der Waals surface area (Å²) < 4.78 is 37.8. The Morgan fingerprint density at radius 2 is 1.83 bits per heavy atom. The largest absolute Gasteiger partial charge is 0.468 e. The van der Waals surface area contributed by atoms with Gasteiger partial charge in [0.15, 0.2) is 0 Å². The molecule has 29 heavy (non-hydrogen) atoms. The van der Waals surface area contributed by atoms with Crippen molar-refractivity contribution in [2.75, 3.05) is 17.6 Å². The maximum absolute atomic E-state index is 12.6. The number of carbonyl (C=O) groups excluding carboxylic acids is 1. The average molecular weight is 434 g/mol. The molecular formula is C19H19N3O5S2. The number of ether oxygens (including phenoxy) is 1. The van der Waals surface area contributed by atoms with Gasteiger partial charge in [0, 0.05) is 11.3 Å². The van der Waals surface area contributed by atoms with Gasteiger partial charge in [-0.2, -0.15) is 0 Å². The molecule has 0 amide bonds. The second-order valence-corrected chi connectivity index (χ2v) is 8.78. The number of esters is 1. The fraction of sp³-hybridized carbons (Fsp3) is 0.211. The summed E-state index contributed by atoms with van der Waals surface area (Å²) in [4.78, 5) is 11.4. The summed E-state index contributed by atoms with van der Waals surface area (Å²) in [7, 11) is -2.39. The zero-order chi connectivity index (χ0) is 21.0. The lowest BCUT2D eigenvalue weighted by molar-refractivity contribution is -0.137. The number of sulfonamides is 1. The lowest BCUT2D eigenvalue weighted by atomic mass is 10.1. The zero-order valence-corrected chi connectivity index (χ0v) is 17.6. The topological polar surface area (TPSA) is 111 Å². The molecule has 152 valence electrons. The van der Waals surface area contributed by atoms with Crippen molar-refractivity contribution in [1.82, 2.24) is 10.2 Å². The third kappa shape index (κ3) is 5.15. The van der Waals surface area contributed by atoms with Crippen molar-refractivity contribution in [1.29, 1.82) is 0 Å². The van der Waals surface area contributed by atoms with Crippen molar-refractivity contribution in [3.63, 3.8) is 0 Å². The van der Waals surface area contributed by atoms with Gasteiger partial charge in [-0.1, -0.05) is 17.8 Å². The Kier molecular flexibility index (Phi) is 6.23. The van der Waals surface area contributed by atoms with Crippen LogP contribution in [0.15, 0.2) is 57.0 Å². The van der Waals surface area contributed by atoms with E-state index in [1.807, 2.05) is 13.8 Å². The fourth-order valence-corrected chi connectivity index (χ4v) is 4.08.